The molecule has 0 bridgehead atoms. The van der Waals surface area contributed by atoms with Gasteiger partial charge in [-0.2, -0.15) is 0 Å². The molecule has 1 atom stereocenters. The quantitative estimate of drug-likeness (QED) is 0.750. The highest BCUT2D eigenvalue weighted by Crippen LogP contribution is 2.30. The zero-order valence-corrected chi connectivity index (χ0v) is 9.94. The van der Waals surface area contributed by atoms with Gasteiger partial charge < -0.3 is 14.2 Å². The van der Waals surface area contributed by atoms with Crippen molar-refractivity contribution in [2.24, 2.45) is 0 Å². The van der Waals surface area contributed by atoms with E-state index >= 15 is 0 Å². The van der Waals surface area contributed by atoms with E-state index in [2.05, 4.69) is 5.92 Å². The van der Waals surface area contributed by atoms with E-state index < -0.39 is 0 Å². The van der Waals surface area contributed by atoms with Crippen LogP contribution in [0, 0.1) is 12.3 Å². The van der Waals surface area contributed by atoms with Gasteiger partial charge in [0, 0.05) is 12.0 Å². The van der Waals surface area contributed by atoms with Crippen LogP contribution in [0.1, 0.15) is 24.8 Å². The molecule has 3 heteroatoms. The normalized spacial score (nSPS) is 19.4. The van der Waals surface area contributed by atoms with Crippen LogP contribution in [0.2, 0.25) is 0 Å². The molecular formula is C14H16O3. The van der Waals surface area contributed by atoms with Crippen LogP contribution in [-0.4, -0.2) is 20.0 Å². The number of hydrogen-bond donors (Lipinski definition) is 0. The van der Waals surface area contributed by atoms with Crippen LogP contribution in [0.5, 0.6) is 11.5 Å². The van der Waals surface area contributed by atoms with Gasteiger partial charge in [0.2, 0.25) is 0 Å². The summed E-state index contributed by atoms with van der Waals surface area (Å²) < 4.78 is 16.5. The fourth-order valence-corrected chi connectivity index (χ4v) is 1.80. The molecular weight excluding hydrogens is 216 g/mol. The van der Waals surface area contributed by atoms with Gasteiger partial charge in [0.05, 0.1) is 13.7 Å². The molecule has 0 amide bonds. The highest BCUT2D eigenvalue weighted by molar-refractivity contribution is 5.47. The first-order valence-electron chi connectivity index (χ1n) is 5.76. The zero-order chi connectivity index (χ0) is 12.1. The first-order chi connectivity index (χ1) is 8.33. The lowest BCUT2D eigenvalue weighted by molar-refractivity contribution is -0.106. The van der Waals surface area contributed by atoms with Crippen molar-refractivity contribution in [1.82, 2.24) is 0 Å². The lowest BCUT2D eigenvalue weighted by Gasteiger charge is -2.24. The summed E-state index contributed by atoms with van der Waals surface area (Å²) in [6, 6.07) is 5.45. The first kappa shape index (κ1) is 11.8. The fraction of sp³-hybridized carbons (Fsp3) is 0.429. The topological polar surface area (TPSA) is 27.7 Å². The van der Waals surface area contributed by atoms with Gasteiger partial charge >= 0.3 is 0 Å². The maximum atomic E-state index is 5.76. The number of benzene rings is 1. The summed E-state index contributed by atoms with van der Waals surface area (Å²) in [6.07, 6.45) is 8.32. The van der Waals surface area contributed by atoms with Gasteiger partial charge in [-0.25, -0.2) is 0 Å². The molecule has 0 spiro atoms. The van der Waals surface area contributed by atoms with E-state index in [0.29, 0.717) is 11.5 Å². The van der Waals surface area contributed by atoms with Gasteiger partial charge in [0.1, 0.15) is 0 Å². The second-order valence-electron chi connectivity index (χ2n) is 3.92. The predicted molar refractivity (Wildman–Crippen MR) is 65.1 cm³/mol. The van der Waals surface area contributed by atoms with Crippen LogP contribution in [0.4, 0.5) is 0 Å². The van der Waals surface area contributed by atoms with E-state index in [1.807, 2.05) is 12.1 Å². The smallest absolute Gasteiger partial charge is 0.200 e. The monoisotopic (exact) mass is 232 g/mol. The summed E-state index contributed by atoms with van der Waals surface area (Å²) in [5, 5.41) is 0. The Morgan fingerprint density at radius 2 is 2.24 bits per heavy atom. The van der Waals surface area contributed by atoms with Gasteiger partial charge in [-0.05, 0) is 31.0 Å². The van der Waals surface area contributed by atoms with Crippen LogP contribution >= 0.6 is 0 Å². The van der Waals surface area contributed by atoms with Gasteiger partial charge in [-0.1, -0.05) is 5.92 Å². The molecule has 0 aliphatic carbocycles. The summed E-state index contributed by atoms with van der Waals surface area (Å²) in [7, 11) is 1.60. The molecule has 1 aromatic carbocycles. The van der Waals surface area contributed by atoms with E-state index in [1.165, 1.54) is 0 Å². The van der Waals surface area contributed by atoms with Crippen LogP contribution in [-0.2, 0) is 4.74 Å². The number of rotatable bonds is 3. The molecule has 3 nitrogen and oxygen atoms in total. The molecule has 0 radical (unpaired) electrons. The molecule has 1 unspecified atom stereocenters. The Bertz CT molecular complexity index is 414. The van der Waals surface area contributed by atoms with Crippen molar-refractivity contribution >= 4 is 0 Å². The molecule has 1 aromatic rings. The van der Waals surface area contributed by atoms with E-state index in [1.54, 1.807) is 13.2 Å². The summed E-state index contributed by atoms with van der Waals surface area (Å²) >= 11 is 0. The zero-order valence-electron chi connectivity index (χ0n) is 9.94. The molecule has 1 heterocycles. The Labute approximate surface area is 102 Å². The Morgan fingerprint density at radius 1 is 1.35 bits per heavy atom. The van der Waals surface area contributed by atoms with E-state index in [0.717, 1.165) is 31.4 Å². The van der Waals surface area contributed by atoms with Crippen LogP contribution in [0.15, 0.2) is 18.2 Å². The lowest BCUT2D eigenvalue weighted by atomic mass is 10.2. The van der Waals surface area contributed by atoms with Crippen molar-refractivity contribution in [3.8, 4) is 23.8 Å². The van der Waals surface area contributed by atoms with Crippen LogP contribution < -0.4 is 9.47 Å². The Kier molecular flexibility index (Phi) is 3.89. The minimum Gasteiger partial charge on any atom is -0.493 e. The molecule has 2 rings (SSSR count). The minimum atomic E-state index is -0.172. The molecule has 0 aromatic heterocycles. The highest BCUT2D eigenvalue weighted by atomic mass is 16.7. The maximum Gasteiger partial charge on any atom is 0.200 e. The largest absolute Gasteiger partial charge is 0.493 e. The van der Waals surface area contributed by atoms with Gasteiger partial charge in [0.25, 0.3) is 0 Å². The molecule has 17 heavy (non-hydrogen) atoms. The highest BCUT2D eigenvalue weighted by Gasteiger charge is 2.17. The third-order valence-electron chi connectivity index (χ3n) is 2.73. The van der Waals surface area contributed by atoms with Crippen LogP contribution in [0.25, 0.3) is 0 Å². The van der Waals surface area contributed by atoms with Crippen molar-refractivity contribution < 1.29 is 14.2 Å². The Morgan fingerprint density at radius 3 is 2.88 bits per heavy atom. The van der Waals surface area contributed by atoms with E-state index in [-0.39, 0.29) is 6.29 Å². The van der Waals surface area contributed by atoms with Gasteiger partial charge in [-0.3, -0.25) is 0 Å². The van der Waals surface area contributed by atoms with Gasteiger partial charge in [-0.15, -0.1) is 6.42 Å². The van der Waals surface area contributed by atoms with Crippen molar-refractivity contribution in [3.05, 3.63) is 23.8 Å². The summed E-state index contributed by atoms with van der Waals surface area (Å²) in [5.74, 6) is 3.89. The van der Waals surface area contributed by atoms with Crippen molar-refractivity contribution in [3.63, 3.8) is 0 Å². The number of hydrogen-bond acceptors (Lipinski definition) is 3. The third-order valence-corrected chi connectivity index (χ3v) is 2.73. The number of terminal acetylenes is 1. The van der Waals surface area contributed by atoms with Crippen molar-refractivity contribution in [1.29, 1.82) is 0 Å². The minimum absolute atomic E-state index is 0.172. The third kappa shape index (κ3) is 2.92. The van der Waals surface area contributed by atoms with Crippen LogP contribution in [0.3, 0.4) is 0 Å². The SMILES string of the molecule is C#Cc1ccc(OC2CCCCO2)c(OC)c1. The molecule has 1 aliphatic heterocycles. The standard InChI is InChI=1S/C14H16O3/c1-3-11-7-8-12(13(10-11)15-2)17-14-6-4-5-9-16-14/h1,7-8,10,14H,4-6,9H2,2H3. The number of methoxy groups -OCH3 is 1. The molecule has 90 valence electrons. The van der Waals surface area contributed by atoms with E-state index in [4.69, 9.17) is 20.6 Å². The fourth-order valence-electron chi connectivity index (χ4n) is 1.80. The van der Waals surface area contributed by atoms with E-state index in [9.17, 15) is 0 Å². The number of ether oxygens (including phenoxy) is 3. The molecule has 1 fully saturated rings. The average Bonchev–Trinajstić information content (AvgIpc) is 2.40. The molecule has 0 saturated carbocycles. The average molecular weight is 232 g/mol. The Hall–Kier alpha value is -1.66. The van der Waals surface area contributed by atoms with Gasteiger partial charge in [0.15, 0.2) is 17.8 Å². The second kappa shape index (κ2) is 5.60. The second-order valence-corrected chi connectivity index (χ2v) is 3.92. The van der Waals surface area contributed by atoms with Crippen molar-refractivity contribution in [2.75, 3.05) is 13.7 Å². The lowest BCUT2D eigenvalue weighted by Crippen LogP contribution is -2.25. The summed E-state index contributed by atoms with van der Waals surface area (Å²) in [6.45, 7) is 0.759. The summed E-state index contributed by atoms with van der Waals surface area (Å²) in [4.78, 5) is 0. The predicted octanol–water partition coefficient (Wildman–Crippen LogP) is 2.58. The Balaban J connectivity index is 2.11. The van der Waals surface area contributed by atoms with Crippen molar-refractivity contribution in [2.45, 2.75) is 25.6 Å². The molecule has 1 aliphatic rings. The summed E-state index contributed by atoms with van der Waals surface area (Å²) in [5.41, 5.74) is 0.777. The first-order valence-corrected chi connectivity index (χ1v) is 5.76. The maximum absolute atomic E-state index is 5.76. The molecule has 1 saturated heterocycles. The molecule has 0 N–H and O–H groups in total.